The minimum atomic E-state index is -0.132. The quantitative estimate of drug-likeness (QED) is 0.481. The highest BCUT2D eigenvalue weighted by molar-refractivity contribution is 6.02. The number of hydrogen-bond acceptors (Lipinski definition) is 3. The Morgan fingerprint density at radius 1 is 1.09 bits per heavy atom. The van der Waals surface area contributed by atoms with E-state index in [0.29, 0.717) is 17.8 Å². The molecule has 5 nitrogen and oxygen atoms in total. The third-order valence-corrected chi connectivity index (χ3v) is 3.38. The van der Waals surface area contributed by atoms with E-state index in [2.05, 4.69) is 22.5 Å². The molecule has 22 heavy (non-hydrogen) atoms. The largest absolute Gasteiger partial charge is 0.354 e. The molecule has 126 valence electrons. The lowest BCUT2D eigenvalue weighted by Gasteiger charge is -2.07. The molecule has 1 aromatic rings. The summed E-state index contributed by atoms with van der Waals surface area (Å²) in [7, 11) is 0. The lowest BCUT2D eigenvalue weighted by atomic mass is 10.0. The molecule has 0 aliphatic rings. The molecule has 0 saturated heterocycles. The van der Waals surface area contributed by atoms with Gasteiger partial charge in [0.2, 0.25) is 0 Å². The molecule has 0 aromatic carbocycles. The molecule has 0 fully saturated rings. The van der Waals surface area contributed by atoms with Crippen LogP contribution in [0.25, 0.3) is 0 Å². The number of carbonyl (C=O) groups excluding carboxylic acids is 2. The number of aromatic amines is 1. The first-order chi connectivity index (χ1) is 10.0. The summed E-state index contributed by atoms with van der Waals surface area (Å²) < 4.78 is 0. The van der Waals surface area contributed by atoms with Crippen molar-refractivity contribution in [3.8, 4) is 0 Å². The molecule has 0 saturated carbocycles. The van der Waals surface area contributed by atoms with E-state index in [-0.39, 0.29) is 24.1 Å². The predicted octanol–water partition coefficient (Wildman–Crippen LogP) is 2.63. The van der Waals surface area contributed by atoms with Gasteiger partial charge in [0.15, 0.2) is 5.78 Å². The molecule has 0 unspecified atom stereocenters. The Morgan fingerprint density at radius 2 is 1.77 bits per heavy atom. The first-order valence-corrected chi connectivity index (χ1v) is 7.74. The van der Waals surface area contributed by atoms with Crippen molar-refractivity contribution >= 4 is 24.1 Å². The van der Waals surface area contributed by atoms with Gasteiger partial charge in [0.05, 0.1) is 0 Å². The zero-order valence-corrected chi connectivity index (χ0v) is 14.8. The van der Waals surface area contributed by atoms with E-state index >= 15 is 0 Å². The second-order valence-electron chi connectivity index (χ2n) is 5.29. The Morgan fingerprint density at radius 3 is 2.32 bits per heavy atom. The number of hydrogen-bond donors (Lipinski definition) is 3. The van der Waals surface area contributed by atoms with Crippen molar-refractivity contribution in [1.29, 1.82) is 0 Å². The maximum absolute atomic E-state index is 12.3. The lowest BCUT2D eigenvalue weighted by molar-refractivity contribution is 0.0948. The van der Waals surface area contributed by atoms with Crippen LogP contribution in [0.1, 0.15) is 65.7 Å². The summed E-state index contributed by atoms with van der Waals surface area (Å²) in [5.74, 6) is -0.122. The standard InChI is InChI=1S/C16H27N3O2.ClH/c1-5-7-13-14(12(4)20)11(3)19-15(13)16(21)18-10-9-17-8-6-2;/h17,19H,5-10H2,1-4H3,(H,18,21);1H. The Kier molecular flexibility index (Phi) is 9.78. The fourth-order valence-electron chi connectivity index (χ4n) is 2.50. The molecular formula is C16H28ClN3O2. The van der Waals surface area contributed by atoms with Gasteiger partial charge in [0.1, 0.15) is 5.69 Å². The Hall–Kier alpha value is -1.33. The third kappa shape index (κ3) is 5.46. The monoisotopic (exact) mass is 329 g/mol. The van der Waals surface area contributed by atoms with Crippen LogP contribution >= 0.6 is 12.4 Å². The molecule has 1 aromatic heterocycles. The molecule has 1 rings (SSSR count). The number of Topliss-reactive ketones (excluding diaryl/α,β-unsaturated/α-hetero) is 1. The Labute approximate surface area is 139 Å². The number of carbonyl (C=O) groups is 2. The van der Waals surface area contributed by atoms with Crippen LogP contribution < -0.4 is 10.6 Å². The maximum atomic E-state index is 12.3. The van der Waals surface area contributed by atoms with Crippen molar-refractivity contribution in [2.75, 3.05) is 19.6 Å². The number of nitrogens with one attached hydrogen (secondary N) is 3. The normalized spacial score (nSPS) is 10.2. The number of amides is 1. The van der Waals surface area contributed by atoms with Crippen molar-refractivity contribution in [2.24, 2.45) is 0 Å². The molecule has 0 spiro atoms. The van der Waals surface area contributed by atoms with E-state index in [4.69, 9.17) is 0 Å². The summed E-state index contributed by atoms with van der Waals surface area (Å²) in [5.41, 5.74) is 2.84. The lowest BCUT2D eigenvalue weighted by Crippen LogP contribution is -2.32. The summed E-state index contributed by atoms with van der Waals surface area (Å²) >= 11 is 0. The van der Waals surface area contributed by atoms with Crippen LogP contribution in [-0.4, -0.2) is 36.3 Å². The van der Waals surface area contributed by atoms with E-state index in [1.54, 1.807) is 6.92 Å². The van der Waals surface area contributed by atoms with Crippen molar-refractivity contribution in [1.82, 2.24) is 15.6 Å². The van der Waals surface area contributed by atoms with Gasteiger partial charge in [-0.05, 0) is 38.8 Å². The van der Waals surface area contributed by atoms with Gasteiger partial charge in [-0.3, -0.25) is 9.59 Å². The van der Waals surface area contributed by atoms with E-state index in [1.165, 1.54) is 0 Å². The highest BCUT2D eigenvalue weighted by atomic mass is 35.5. The first kappa shape index (κ1) is 20.7. The average molecular weight is 330 g/mol. The minimum absolute atomic E-state index is 0. The van der Waals surface area contributed by atoms with Crippen LogP contribution in [0.2, 0.25) is 0 Å². The summed E-state index contributed by atoms with van der Waals surface area (Å²) in [6.07, 6.45) is 2.71. The van der Waals surface area contributed by atoms with Crippen molar-refractivity contribution < 1.29 is 9.59 Å². The summed E-state index contributed by atoms with van der Waals surface area (Å²) in [5, 5.41) is 6.13. The number of rotatable bonds is 9. The summed E-state index contributed by atoms with van der Waals surface area (Å²) in [4.78, 5) is 27.1. The smallest absolute Gasteiger partial charge is 0.268 e. The van der Waals surface area contributed by atoms with Gasteiger partial charge in [-0.25, -0.2) is 0 Å². The van der Waals surface area contributed by atoms with Crippen LogP contribution in [0.15, 0.2) is 0 Å². The molecule has 3 N–H and O–H groups in total. The van der Waals surface area contributed by atoms with Crippen LogP contribution in [0, 0.1) is 6.92 Å². The van der Waals surface area contributed by atoms with Crippen molar-refractivity contribution in [3.63, 3.8) is 0 Å². The predicted molar refractivity (Wildman–Crippen MR) is 92.3 cm³/mol. The summed E-state index contributed by atoms with van der Waals surface area (Å²) in [6.45, 7) is 9.82. The molecule has 0 radical (unpaired) electrons. The van der Waals surface area contributed by atoms with Gasteiger partial charge >= 0.3 is 0 Å². The second kappa shape index (κ2) is 10.4. The minimum Gasteiger partial charge on any atom is -0.354 e. The second-order valence-corrected chi connectivity index (χ2v) is 5.29. The topological polar surface area (TPSA) is 74.0 Å². The van der Waals surface area contributed by atoms with E-state index in [0.717, 1.165) is 43.6 Å². The zero-order valence-electron chi connectivity index (χ0n) is 14.0. The molecular weight excluding hydrogens is 302 g/mol. The number of ketones is 1. The van der Waals surface area contributed by atoms with Crippen LogP contribution in [-0.2, 0) is 6.42 Å². The summed E-state index contributed by atoms with van der Waals surface area (Å²) in [6, 6.07) is 0. The highest BCUT2D eigenvalue weighted by Crippen LogP contribution is 2.21. The van der Waals surface area contributed by atoms with Gasteiger partial charge in [-0.2, -0.15) is 0 Å². The number of halogens is 1. The van der Waals surface area contributed by atoms with E-state index in [9.17, 15) is 9.59 Å². The zero-order chi connectivity index (χ0) is 15.8. The molecule has 1 heterocycles. The van der Waals surface area contributed by atoms with Gasteiger partial charge < -0.3 is 15.6 Å². The van der Waals surface area contributed by atoms with Crippen LogP contribution in [0.5, 0.6) is 0 Å². The fourth-order valence-corrected chi connectivity index (χ4v) is 2.50. The molecule has 6 heteroatoms. The number of aryl methyl sites for hydroxylation is 1. The first-order valence-electron chi connectivity index (χ1n) is 7.74. The molecule has 0 aliphatic heterocycles. The van der Waals surface area contributed by atoms with Crippen molar-refractivity contribution in [2.45, 2.75) is 47.0 Å². The molecule has 0 bridgehead atoms. The van der Waals surface area contributed by atoms with Gasteiger partial charge in [-0.1, -0.05) is 20.3 Å². The fraction of sp³-hybridized carbons (Fsp3) is 0.625. The van der Waals surface area contributed by atoms with Gasteiger partial charge in [-0.15, -0.1) is 12.4 Å². The SMILES string of the molecule is CCCNCCNC(=O)c1[nH]c(C)c(C(C)=O)c1CCC.Cl. The maximum Gasteiger partial charge on any atom is 0.268 e. The third-order valence-electron chi connectivity index (χ3n) is 3.38. The van der Waals surface area contributed by atoms with Gasteiger partial charge in [0, 0.05) is 24.3 Å². The van der Waals surface area contributed by atoms with E-state index < -0.39 is 0 Å². The van der Waals surface area contributed by atoms with Crippen molar-refractivity contribution in [3.05, 3.63) is 22.5 Å². The molecule has 1 amide bonds. The molecule has 0 aliphatic carbocycles. The van der Waals surface area contributed by atoms with Gasteiger partial charge in [0.25, 0.3) is 5.91 Å². The average Bonchev–Trinajstić information content (AvgIpc) is 2.75. The highest BCUT2D eigenvalue weighted by Gasteiger charge is 2.21. The van der Waals surface area contributed by atoms with Crippen LogP contribution in [0.3, 0.4) is 0 Å². The van der Waals surface area contributed by atoms with Crippen LogP contribution in [0.4, 0.5) is 0 Å². The van der Waals surface area contributed by atoms with E-state index in [1.807, 2.05) is 13.8 Å². The number of H-pyrrole nitrogens is 1. The molecule has 0 atom stereocenters. The Balaban J connectivity index is 0.00000441. The Bertz CT molecular complexity index is 498. The number of aromatic nitrogens is 1.